The van der Waals surface area contributed by atoms with E-state index in [1.54, 1.807) is 12.3 Å². The summed E-state index contributed by atoms with van der Waals surface area (Å²) >= 11 is 0. The molecular weight excluding hydrogens is 358 g/mol. The van der Waals surface area contributed by atoms with Gasteiger partial charge in [-0.25, -0.2) is 0 Å². The Morgan fingerprint density at radius 3 is 2.89 bits per heavy atom. The molecule has 0 bridgehead atoms. The van der Waals surface area contributed by atoms with Crippen molar-refractivity contribution < 1.29 is 19.1 Å². The normalized spacial score (nSPS) is 18.3. The second kappa shape index (κ2) is 7.96. The monoisotopic (exact) mass is 383 g/mol. The van der Waals surface area contributed by atoms with Crippen LogP contribution in [0.5, 0.6) is 11.5 Å². The number of H-pyrrole nitrogens is 1. The largest absolute Gasteiger partial charge is 0.494 e. The molecule has 1 unspecified atom stereocenters. The first-order chi connectivity index (χ1) is 13.7. The van der Waals surface area contributed by atoms with Gasteiger partial charge >= 0.3 is 0 Å². The Morgan fingerprint density at radius 1 is 1.29 bits per heavy atom. The van der Waals surface area contributed by atoms with Crippen LogP contribution < -0.4 is 14.8 Å². The number of likely N-dealkylation sites (tertiary alicyclic amines) is 1. The number of benzene rings is 1. The van der Waals surface area contributed by atoms with Gasteiger partial charge in [-0.3, -0.25) is 9.59 Å². The smallest absolute Gasteiger partial charge is 0.270 e. The molecule has 7 nitrogen and oxygen atoms in total. The molecular formula is C21H25N3O4. The van der Waals surface area contributed by atoms with Gasteiger partial charge in [-0.1, -0.05) is 0 Å². The number of nitrogens with one attached hydrogen (secondary N) is 2. The average molecular weight is 383 g/mol. The molecule has 28 heavy (non-hydrogen) atoms. The zero-order valence-corrected chi connectivity index (χ0v) is 16.0. The van der Waals surface area contributed by atoms with Crippen molar-refractivity contribution in [3.8, 4) is 11.5 Å². The predicted octanol–water partition coefficient (Wildman–Crippen LogP) is 2.90. The first-order valence-electron chi connectivity index (χ1n) is 9.84. The van der Waals surface area contributed by atoms with Gasteiger partial charge in [0.2, 0.25) is 0 Å². The van der Waals surface area contributed by atoms with Gasteiger partial charge in [-0.15, -0.1) is 0 Å². The van der Waals surface area contributed by atoms with Crippen molar-refractivity contribution >= 4 is 11.8 Å². The van der Waals surface area contributed by atoms with Crippen molar-refractivity contribution in [3.63, 3.8) is 0 Å². The molecule has 2 N–H and O–H groups in total. The Balaban J connectivity index is 1.47. The third kappa shape index (κ3) is 3.69. The zero-order chi connectivity index (χ0) is 19.5. The lowest BCUT2D eigenvalue weighted by molar-refractivity contribution is 0.0787. The lowest BCUT2D eigenvalue weighted by Gasteiger charge is -2.27. The van der Waals surface area contributed by atoms with Crippen LogP contribution in [0.25, 0.3) is 0 Å². The molecule has 1 fully saturated rings. The minimum absolute atomic E-state index is 0.0469. The minimum Gasteiger partial charge on any atom is -0.494 e. The van der Waals surface area contributed by atoms with Gasteiger partial charge in [0.1, 0.15) is 17.2 Å². The third-order valence-corrected chi connectivity index (χ3v) is 5.21. The molecule has 2 aliphatic heterocycles. The van der Waals surface area contributed by atoms with E-state index in [4.69, 9.17) is 9.47 Å². The maximum absolute atomic E-state index is 12.8. The molecule has 2 aliphatic rings. The summed E-state index contributed by atoms with van der Waals surface area (Å²) in [6, 6.07) is 7.13. The number of carbonyl (C=O) groups excluding carboxylic acids is 2. The zero-order valence-electron chi connectivity index (χ0n) is 16.0. The topological polar surface area (TPSA) is 83.7 Å². The van der Waals surface area contributed by atoms with Crippen LogP contribution in [0.4, 0.5) is 0 Å². The van der Waals surface area contributed by atoms with Crippen LogP contribution in [0, 0.1) is 0 Å². The average Bonchev–Trinajstić information content (AvgIpc) is 3.40. The molecule has 1 aromatic heterocycles. The van der Waals surface area contributed by atoms with Crippen LogP contribution in [0.1, 0.15) is 58.6 Å². The summed E-state index contributed by atoms with van der Waals surface area (Å²) in [7, 11) is 0. The third-order valence-electron chi connectivity index (χ3n) is 5.21. The van der Waals surface area contributed by atoms with E-state index in [9.17, 15) is 9.59 Å². The molecule has 7 heteroatoms. The Morgan fingerprint density at radius 2 is 2.11 bits per heavy atom. The fourth-order valence-electron chi connectivity index (χ4n) is 3.76. The molecule has 2 aromatic rings. The summed E-state index contributed by atoms with van der Waals surface area (Å²) in [6.45, 7) is 4.61. The Bertz CT molecular complexity index is 870. The molecule has 1 saturated heterocycles. The van der Waals surface area contributed by atoms with Crippen molar-refractivity contribution in [1.82, 2.24) is 15.2 Å². The van der Waals surface area contributed by atoms with Gasteiger partial charge in [0, 0.05) is 31.3 Å². The molecule has 2 amide bonds. The van der Waals surface area contributed by atoms with Crippen molar-refractivity contribution in [1.29, 1.82) is 0 Å². The summed E-state index contributed by atoms with van der Waals surface area (Å²) in [5, 5.41) is 3.06. The number of amides is 2. The second-order valence-corrected chi connectivity index (χ2v) is 7.10. The maximum Gasteiger partial charge on any atom is 0.270 e. The Labute approximate surface area is 164 Å². The highest BCUT2D eigenvalue weighted by Gasteiger charge is 2.26. The standard InChI is InChI=1S/C21H25N3O4/c1-2-27-15-5-6-19-16(12-15)17(7-10-28-19)23-20(25)14-11-18(22-13-14)21(26)24-8-3-4-9-24/h5-6,11-13,17,22H,2-4,7-10H2,1H3,(H,23,25). The molecule has 1 atom stereocenters. The molecule has 148 valence electrons. The molecule has 0 radical (unpaired) electrons. The van der Waals surface area contributed by atoms with E-state index in [1.807, 2.05) is 30.0 Å². The molecule has 0 saturated carbocycles. The van der Waals surface area contributed by atoms with E-state index in [-0.39, 0.29) is 17.9 Å². The van der Waals surface area contributed by atoms with E-state index in [0.29, 0.717) is 30.9 Å². The van der Waals surface area contributed by atoms with Gasteiger partial charge in [-0.2, -0.15) is 0 Å². The number of nitrogens with zero attached hydrogens (tertiary/aromatic N) is 1. The first kappa shape index (κ1) is 18.4. The number of hydrogen-bond donors (Lipinski definition) is 2. The van der Waals surface area contributed by atoms with Crippen LogP contribution in [-0.2, 0) is 0 Å². The summed E-state index contributed by atoms with van der Waals surface area (Å²) in [5.41, 5.74) is 1.82. The summed E-state index contributed by atoms with van der Waals surface area (Å²) in [5.74, 6) is 1.26. The second-order valence-electron chi connectivity index (χ2n) is 7.10. The number of hydrogen-bond acceptors (Lipinski definition) is 4. The SMILES string of the molecule is CCOc1ccc2c(c1)C(NC(=O)c1c[nH]c(C(=O)N3CCCC3)c1)CCO2. The van der Waals surface area contributed by atoms with E-state index in [0.717, 1.165) is 43.0 Å². The molecule has 0 aliphatic carbocycles. The molecule has 1 aromatic carbocycles. The fraction of sp³-hybridized carbons (Fsp3) is 0.429. The van der Waals surface area contributed by atoms with Crippen LogP contribution in [-0.4, -0.2) is 48.0 Å². The van der Waals surface area contributed by atoms with E-state index < -0.39 is 0 Å². The summed E-state index contributed by atoms with van der Waals surface area (Å²) in [6.07, 6.45) is 4.34. The maximum atomic E-state index is 12.8. The van der Waals surface area contributed by atoms with Crippen LogP contribution >= 0.6 is 0 Å². The number of carbonyl (C=O) groups is 2. The summed E-state index contributed by atoms with van der Waals surface area (Å²) < 4.78 is 11.3. The number of fused-ring (bicyclic) bond motifs is 1. The lowest BCUT2D eigenvalue weighted by Crippen LogP contribution is -2.32. The van der Waals surface area contributed by atoms with Gasteiger partial charge < -0.3 is 24.7 Å². The number of rotatable bonds is 5. The minimum atomic E-state index is -0.212. The highest BCUT2D eigenvalue weighted by Crippen LogP contribution is 2.35. The quantitative estimate of drug-likeness (QED) is 0.832. The van der Waals surface area contributed by atoms with Crippen molar-refractivity contribution in [2.45, 2.75) is 32.2 Å². The summed E-state index contributed by atoms with van der Waals surface area (Å²) in [4.78, 5) is 30.0. The van der Waals surface area contributed by atoms with Gasteiger partial charge in [0.25, 0.3) is 11.8 Å². The van der Waals surface area contributed by atoms with Gasteiger partial charge in [-0.05, 0) is 44.0 Å². The van der Waals surface area contributed by atoms with Crippen LogP contribution in [0.2, 0.25) is 0 Å². The van der Waals surface area contributed by atoms with Crippen molar-refractivity contribution in [3.05, 3.63) is 47.3 Å². The first-order valence-corrected chi connectivity index (χ1v) is 9.84. The van der Waals surface area contributed by atoms with E-state index in [2.05, 4.69) is 10.3 Å². The predicted molar refractivity (Wildman–Crippen MR) is 104 cm³/mol. The number of aromatic amines is 1. The fourth-order valence-corrected chi connectivity index (χ4v) is 3.76. The Hall–Kier alpha value is -2.96. The molecule has 4 rings (SSSR count). The van der Waals surface area contributed by atoms with Crippen molar-refractivity contribution in [2.75, 3.05) is 26.3 Å². The van der Waals surface area contributed by atoms with E-state index in [1.165, 1.54) is 0 Å². The number of ether oxygens (including phenoxy) is 2. The Kier molecular flexibility index (Phi) is 5.23. The number of aromatic nitrogens is 1. The van der Waals surface area contributed by atoms with Gasteiger partial charge in [0.15, 0.2) is 0 Å². The molecule has 0 spiro atoms. The van der Waals surface area contributed by atoms with Crippen LogP contribution in [0.15, 0.2) is 30.5 Å². The molecule has 3 heterocycles. The van der Waals surface area contributed by atoms with Crippen LogP contribution in [0.3, 0.4) is 0 Å². The highest BCUT2D eigenvalue weighted by atomic mass is 16.5. The van der Waals surface area contributed by atoms with Crippen molar-refractivity contribution in [2.24, 2.45) is 0 Å². The highest BCUT2D eigenvalue weighted by molar-refractivity contribution is 5.99. The van der Waals surface area contributed by atoms with E-state index >= 15 is 0 Å². The lowest BCUT2D eigenvalue weighted by atomic mass is 10.00. The van der Waals surface area contributed by atoms with Gasteiger partial charge in [0.05, 0.1) is 24.8 Å².